The molecule has 1 heterocycles. The molecular formula is C18H30O4Si. The van der Waals surface area contributed by atoms with Crippen molar-refractivity contribution in [2.45, 2.75) is 63.8 Å². The van der Waals surface area contributed by atoms with Gasteiger partial charge in [-0.25, -0.2) is 0 Å². The van der Waals surface area contributed by atoms with Crippen LogP contribution in [0.4, 0.5) is 0 Å². The normalized spacial score (nSPS) is 26.3. The van der Waals surface area contributed by atoms with Gasteiger partial charge in [-0.3, -0.25) is 0 Å². The Morgan fingerprint density at radius 1 is 1.22 bits per heavy atom. The van der Waals surface area contributed by atoms with Gasteiger partial charge >= 0.3 is 0 Å². The maximum atomic E-state index is 10.1. The Hall–Kier alpha value is -0.723. The number of benzene rings is 1. The zero-order valence-electron chi connectivity index (χ0n) is 14.9. The Balaban J connectivity index is 1.89. The van der Waals surface area contributed by atoms with E-state index in [1.165, 1.54) is 0 Å². The first-order valence-corrected chi connectivity index (χ1v) is 11.3. The largest absolute Gasteiger partial charge is 0.417 e. The van der Waals surface area contributed by atoms with Crippen LogP contribution in [0.2, 0.25) is 18.1 Å². The van der Waals surface area contributed by atoms with Gasteiger partial charge in [0, 0.05) is 12.2 Å². The molecule has 4 nitrogen and oxygen atoms in total. The van der Waals surface area contributed by atoms with E-state index in [0.717, 1.165) is 5.56 Å². The molecule has 3 atom stereocenters. The first-order valence-electron chi connectivity index (χ1n) is 8.35. The van der Waals surface area contributed by atoms with Gasteiger partial charge in [-0.2, -0.15) is 0 Å². The van der Waals surface area contributed by atoms with E-state index in [1.54, 1.807) is 0 Å². The summed E-state index contributed by atoms with van der Waals surface area (Å²) >= 11 is 0. The van der Waals surface area contributed by atoms with Crippen LogP contribution in [0, 0.1) is 0 Å². The van der Waals surface area contributed by atoms with Crippen molar-refractivity contribution >= 4 is 8.32 Å². The molecule has 0 spiro atoms. The van der Waals surface area contributed by atoms with E-state index in [9.17, 15) is 5.11 Å². The van der Waals surface area contributed by atoms with Crippen molar-refractivity contribution in [1.82, 2.24) is 0 Å². The highest BCUT2D eigenvalue weighted by atomic mass is 28.4. The molecule has 1 fully saturated rings. The quantitative estimate of drug-likeness (QED) is 0.828. The van der Waals surface area contributed by atoms with Crippen molar-refractivity contribution in [3.05, 3.63) is 35.9 Å². The minimum Gasteiger partial charge on any atom is -0.417 e. The maximum Gasteiger partial charge on any atom is 0.191 e. The van der Waals surface area contributed by atoms with Gasteiger partial charge in [0.2, 0.25) is 0 Å². The van der Waals surface area contributed by atoms with Gasteiger partial charge in [0.05, 0.1) is 12.7 Å². The van der Waals surface area contributed by atoms with E-state index in [4.69, 9.17) is 13.9 Å². The predicted octanol–water partition coefficient (Wildman–Crippen LogP) is 3.87. The lowest BCUT2D eigenvalue weighted by molar-refractivity contribution is -0.258. The van der Waals surface area contributed by atoms with Crippen molar-refractivity contribution in [3.8, 4) is 0 Å². The van der Waals surface area contributed by atoms with E-state index in [2.05, 4.69) is 33.9 Å². The Morgan fingerprint density at radius 3 is 2.48 bits per heavy atom. The van der Waals surface area contributed by atoms with E-state index < -0.39 is 20.7 Å². The minimum atomic E-state index is -1.76. The summed E-state index contributed by atoms with van der Waals surface area (Å²) in [7, 11) is -1.76. The van der Waals surface area contributed by atoms with Crippen molar-refractivity contribution in [2.75, 3.05) is 13.2 Å². The lowest BCUT2D eigenvalue weighted by Gasteiger charge is -2.38. The van der Waals surface area contributed by atoms with E-state index in [0.29, 0.717) is 19.6 Å². The van der Waals surface area contributed by atoms with Crippen LogP contribution in [0.5, 0.6) is 0 Å². The summed E-state index contributed by atoms with van der Waals surface area (Å²) in [5.74, 6) is 0. The Morgan fingerprint density at radius 2 is 1.87 bits per heavy atom. The van der Waals surface area contributed by atoms with Crippen LogP contribution < -0.4 is 0 Å². The molecular weight excluding hydrogens is 308 g/mol. The van der Waals surface area contributed by atoms with Gasteiger partial charge < -0.3 is 19.0 Å². The zero-order chi connectivity index (χ0) is 17.1. The average molecular weight is 339 g/mol. The zero-order valence-corrected chi connectivity index (χ0v) is 15.9. The predicted molar refractivity (Wildman–Crippen MR) is 93.8 cm³/mol. The summed E-state index contributed by atoms with van der Waals surface area (Å²) in [5, 5.41) is 10.3. The molecule has 0 bridgehead atoms. The molecule has 1 aliphatic rings. The van der Waals surface area contributed by atoms with Gasteiger partial charge in [-0.15, -0.1) is 0 Å². The van der Waals surface area contributed by atoms with Crippen molar-refractivity contribution in [1.29, 1.82) is 0 Å². The second kappa shape index (κ2) is 7.45. The third-order valence-corrected chi connectivity index (χ3v) is 9.43. The van der Waals surface area contributed by atoms with Gasteiger partial charge in [0.25, 0.3) is 0 Å². The number of aliphatic hydroxyl groups is 1. The molecule has 1 aromatic rings. The molecule has 0 saturated carbocycles. The second-order valence-corrected chi connectivity index (χ2v) is 12.5. The molecule has 130 valence electrons. The first-order chi connectivity index (χ1) is 10.7. The second-order valence-electron chi connectivity index (χ2n) is 7.72. The molecule has 1 aromatic carbocycles. The number of rotatable bonds is 5. The summed E-state index contributed by atoms with van der Waals surface area (Å²) < 4.78 is 17.7. The molecule has 0 aromatic heterocycles. The SMILES string of the molecule is CC(C)(C)[Si](C)(C)OCC[C@H]1O[C@@H](c2ccccc2)OC[C@H]1O. The molecule has 5 heteroatoms. The Kier molecular flexibility index (Phi) is 6.03. The fourth-order valence-corrected chi connectivity index (χ4v) is 3.34. The van der Waals surface area contributed by atoms with Gasteiger partial charge in [0.1, 0.15) is 6.10 Å². The molecule has 0 amide bonds. The van der Waals surface area contributed by atoms with E-state index in [-0.39, 0.29) is 11.1 Å². The van der Waals surface area contributed by atoms with Crippen LogP contribution in [0.25, 0.3) is 0 Å². The van der Waals surface area contributed by atoms with E-state index in [1.807, 2.05) is 30.3 Å². The number of hydrogen-bond donors (Lipinski definition) is 1. The lowest BCUT2D eigenvalue weighted by atomic mass is 10.1. The molecule has 1 aliphatic heterocycles. The van der Waals surface area contributed by atoms with Crippen LogP contribution >= 0.6 is 0 Å². The summed E-state index contributed by atoms with van der Waals surface area (Å²) in [6, 6.07) is 9.84. The number of ether oxygens (including phenoxy) is 2. The van der Waals surface area contributed by atoms with Crippen LogP contribution in [-0.4, -0.2) is 38.8 Å². The smallest absolute Gasteiger partial charge is 0.191 e. The summed E-state index contributed by atoms with van der Waals surface area (Å²) in [6.07, 6.45) is -0.574. The van der Waals surface area contributed by atoms with E-state index >= 15 is 0 Å². The minimum absolute atomic E-state index is 0.189. The van der Waals surface area contributed by atoms with Crippen molar-refractivity contribution in [3.63, 3.8) is 0 Å². The Labute approximate surface area is 140 Å². The van der Waals surface area contributed by atoms with Crippen LogP contribution in [0.1, 0.15) is 39.0 Å². The van der Waals surface area contributed by atoms with Crippen LogP contribution in [0.3, 0.4) is 0 Å². The molecule has 1 N–H and O–H groups in total. The fourth-order valence-electron chi connectivity index (χ4n) is 2.27. The molecule has 0 unspecified atom stereocenters. The monoisotopic (exact) mass is 338 g/mol. The highest BCUT2D eigenvalue weighted by Crippen LogP contribution is 2.37. The average Bonchev–Trinajstić information content (AvgIpc) is 2.49. The molecule has 0 aliphatic carbocycles. The summed E-state index contributed by atoms with van der Waals surface area (Å²) in [6.45, 7) is 12.1. The standard InChI is InChI=1S/C18H30O4Si/c1-18(2,3)23(4,5)21-12-11-16-15(19)13-20-17(22-16)14-9-7-6-8-10-14/h6-10,15-17,19H,11-13H2,1-5H3/t15-,16-,17+/m1/s1. The van der Waals surface area contributed by atoms with Crippen LogP contribution in [0.15, 0.2) is 30.3 Å². The molecule has 23 heavy (non-hydrogen) atoms. The van der Waals surface area contributed by atoms with Crippen LogP contribution in [-0.2, 0) is 13.9 Å². The third kappa shape index (κ3) is 4.87. The lowest BCUT2D eigenvalue weighted by Crippen LogP contribution is -2.44. The van der Waals surface area contributed by atoms with Gasteiger partial charge in [-0.1, -0.05) is 51.1 Å². The van der Waals surface area contributed by atoms with Crippen molar-refractivity contribution < 1.29 is 19.0 Å². The Bertz CT molecular complexity index is 484. The number of aliphatic hydroxyl groups excluding tert-OH is 1. The topological polar surface area (TPSA) is 47.9 Å². The third-order valence-electron chi connectivity index (χ3n) is 4.89. The maximum absolute atomic E-state index is 10.1. The van der Waals surface area contributed by atoms with Gasteiger partial charge in [-0.05, 0) is 24.6 Å². The number of hydrogen-bond acceptors (Lipinski definition) is 4. The molecule has 1 saturated heterocycles. The van der Waals surface area contributed by atoms with Crippen molar-refractivity contribution in [2.24, 2.45) is 0 Å². The van der Waals surface area contributed by atoms with Gasteiger partial charge in [0.15, 0.2) is 14.6 Å². The summed E-state index contributed by atoms with van der Waals surface area (Å²) in [5.41, 5.74) is 0.981. The molecule has 2 rings (SSSR count). The summed E-state index contributed by atoms with van der Waals surface area (Å²) in [4.78, 5) is 0. The molecule has 0 radical (unpaired) electrons. The highest BCUT2D eigenvalue weighted by molar-refractivity contribution is 6.74. The first kappa shape index (κ1) is 18.6. The highest BCUT2D eigenvalue weighted by Gasteiger charge is 2.38. The fraction of sp³-hybridized carbons (Fsp3) is 0.667.